The first-order valence-electron chi connectivity index (χ1n) is 9.32. The van der Waals surface area contributed by atoms with Gasteiger partial charge in [0.05, 0.1) is 6.54 Å². The molecule has 0 atom stereocenters. The first kappa shape index (κ1) is 18.9. The Balaban J connectivity index is 1.70. The van der Waals surface area contributed by atoms with Gasteiger partial charge in [-0.3, -0.25) is 9.48 Å². The van der Waals surface area contributed by atoms with Crippen molar-refractivity contribution in [1.29, 1.82) is 0 Å². The van der Waals surface area contributed by atoms with Gasteiger partial charge in [-0.05, 0) is 33.7 Å². The third kappa shape index (κ3) is 5.55. The van der Waals surface area contributed by atoms with Crippen LogP contribution in [0.5, 0.6) is 0 Å². The lowest BCUT2D eigenvalue weighted by atomic mass is 9.92. The van der Waals surface area contributed by atoms with E-state index in [9.17, 15) is 4.79 Å². The van der Waals surface area contributed by atoms with Crippen LogP contribution in [0.3, 0.4) is 0 Å². The van der Waals surface area contributed by atoms with Crippen molar-refractivity contribution in [2.45, 2.75) is 40.3 Å². The molecule has 0 saturated carbocycles. The zero-order valence-corrected chi connectivity index (χ0v) is 16.3. The van der Waals surface area contributed by atoms with E-state index in [2.05, 4.69) is 67.6 Å². The predicted octanol–water partition coefficient (Wildman–Crippen LogP) is 4.65. The summed E-state index contributed by atoms with van der Waals surface area (Å²) in [7, 11) is 0. The molecule has 4 nitrogen and oxygen atoms in total. The van der Waals surface area contributed by atoms with Crippen molar-refractivity contribution in [3.05, 3.63) is 78.1 Å². The first-order valence-corrected chi connectivity index (χ1v) is 9.32. The van der Waals surface area contributed by atoms with Crippen molar-refractivity contribution in [1.82, 2.24) is 15.1 Å². The molecule has 1 aromatic heterocycles. The Morgan fingerprint density at radius 3 is 2.44 bits per heavy atom. The number of hydrogen-bond acceptors (Lipinski definition) is 2. The number of nitrogens with one attached hydrogen (secondary N) is 1. The van der Waals surface area contributed by atoms with Crippen LogP contribution in [-0.2, 0) is 17.9 Å². The van der Waals surface area contributed by atoms with Gasteiger partial charge >= 0.3 is 0 Å². The Kier molecular flexibility index (Phi) is 5.75. The highest BCUT2D eigenvalue weighted by Crippen LogP contribution is 2.25. The molecule has 0 aliphatic rings. The number of benzene rings is 2. The molecule has 0 aliphatic heterocycles. The van der Waals surface area contributed by atoms with Crippen molar-refractivity contribution < 1.29 is 4.79 Å². The van der Waals surface area contributed by atoms with Crippen LogP contribution in [0.25, 0.3) is 11.1 Å². The van der Waals surface area contributed by atoms with Crippen LogP contribution < -0.4 is 5.32 Å². The van der Waals surface area contributed by atoms with E-state index in [1.165, 1.54) is 5.56 Å². The first-order chi connectivity index (χ1) is 12.9. The van der Waals surface area contributed by atoms with E-state index in [0.29, 0.717) is 13.0 Å². The summed E-state index contributed by atoms with van der Waals surface area (Å²) in [6.07, 6.45) is 4.28. The molecule has 3 aromatic rings. The standard InChI is InChI=1S/C23H27N3O/c1-23(2,3)15-22(27)24-16-20-7-4-5-8-21(20)19-11-9-18(10-12-19)17-26-14-6-13-25-26/h4-14H,15-17H2,1-3H3,(H,24,27). The van der Waals surface area contributed by atoms with Crippen molar-refractivity contribution in [2.24, 2.45) is 5.41 Å². The molecular formula is C23H27N3O. The minimum Gasteiger partial charge on any atom is -0.352 e. The number of aromatic nitrogens is 2. The maximum absolute atomic E-state index is 12.2. The molecule has 2 aromatic carbocycles. The topological polar surface area (TPSA) is 46.9 Å². The van der Waals surface area contributed by atoms with Gasteiger partial charge in [0.15, 0.2) is 0 Å². The van der Waals surface area contributed by atoms with Crippen LogP contribution in [0.15, 0.2) is 67.0 Å². The summed E-state index contributed by atoms with van der Waals surface area (Å²) in [4.78, 5) is 12.2. The zero-order valence-electron chi connectivity index (χ0n) is 16.3. The predicted molar refractivity (Wildman–Crippen MR) is 109 cm³/mol. The third-order valence-electron chi connectivity index (χ3n) is 4.35. The summed E-state index contributed by atoms with van der Waals surface area (Å²) in [6.45, 7) is 7.53. The number of hydrogen-bond donors (Lipinski definition) is 1. The lowest BCUT2D eigenvalue weighted by Gasteiger charge is -2.18. The molecule has 1 amide bonds. The quantitative estimate of drug-likeness (QED) is 0.695. The number of nitrogens with zero attached hydrogens (tertiary/aromatic N) is 2. The van der Waals surface area contributed by atoms with Crippen LogP contribution >= 0.6 is 0 Å². The second kappa shape index (κ2) is 8.21. The van der Waals surface area contributed by atoms with E-state index in [4.69, 9.17) is 0 Å². The molecule has 0 unspecified atom stereocenters. The maximum Gasteiger partial charge on any atom is 0.220 e. The molecule has 4 heteroatoms. The van der Waals surface area contributed by atoms with Gasteiger partial charge in [-0.2, -0.15) is 5.10 Å². The Hall–Kier alpha value is -2.88. The second-order valence-corrected chi connectivity index (χ2v) is 8.07. The number of carbonyl (C=O) groups is 1. The van der Waals surface area contributed by atoms with Gasteiger partial charge in [0.1, 0.15) is 0 Å². The molecule has 0 spiro atoms. The third-order valence-corrected chi connectivity index (χ3v) is 4.35. The van der Waals surface area contributed by atoms with Crippen LogP contribution in [0.4, 0.5) is 0 Å². The van der Waals surface area contributed by atoms with Crippen LogP contribution in [0.2, 0.25) is 0 Å². The van der Waals surface area contributed by atoms with Crippen molar-refractivity contribution in [3.63, 3.8) is 0 Å². The molecule has 3 rings (SSSR count). The highest BCUT2D eigenvalue weighted by molar-refractivity contribution is 5.77. The van der Waals surface area contributed by atoms with E-state index >= 15 is 0 Å². The molecule has 27 heavy (non-hydrogen) atoms. The Morgan fingerprint density at radius 2 is 1.78 bits per heavy atom. The molecule has 1 N–H and O–H groups in total. The van der Waals surface area contributed by atoms with Crippen LogP contribution in [-0.4, -0.2) is 15.7 Å². The Labute approximate surface area is 161 Å². The van der Waals surface area contributed by atoms with E-state index in [0.717, 1.165) is 23.2 Å². The molecule has 0 aliphatic carbocycles. The lowest BCUT2D eigenvalue weighted by molar-refractivity contribution is -0.122. The summed E-state index contributed by atoms with van der Waals surface area (Å²) in [5.74, 6) is 0.0897. The lowest BCUT2D eigenvalue weighted by Crippen LogP contribution is -2.27. The van der Waals surface area contributed by atoms with Crippen molar-refractivity contribution in [3.8, 4) is 11.1 Å². The zero-order chi connectivity index (χ0) is 19.3. The summed E-state index contributed by atoms with van der Waals surface area (Å²) in [6, 6.07) is 18.7. The van der Waals surface area contributed by atoms with E-state index in [1.807, 2.05) is 29.1 Å². The molecule has 0 fully saturated rings. The smallest absolute Gasteiger partial charge is 0.220 e. The highest BCUT2D eigenvalue weighted by Gasteiger charge is 2.16. The van der Waals surface area contributed by atoms with E-state index < -0.39 is 0 Å². The normalized spacial score (nSPS) is 11.4. The molecule has 0 saturated heterocycles. The van der Waals surface area contributed by atoms with Crippen LogP contribution in [0, 0.1) is 5.41 Å². The fourth-order valence-electron chi connectivity index (χ4n) is 3.06. The Bertz CT molecular complexity index is 875. The Morgan fingerprint density at radius 1 is 1.04 bits per heavy atom. The summed E-state index contributed by atoms with van der Waals surface area (Å²) >= 11 is 0. The fourth-order valence-corrected chi connectivity index (χ4v) is 3.06. The molecule has 1 heterocycles. The van der Waals surface area contributed by atoms with Crippen LogP contribution in [0.1, 0.15) is 38.3 Å². The summed E-state index contributed by atoms with van der Waals surface area (Å²) in [5, 5.41) is 7.30. The van der Waals surface area contributed by atoms with Gasteiger partial charge in [-0.1, -0.05) is 69.3 Å². The van der Waals surface area contributed by atoms with E-state index in [1.54, 1.807) is 6.20 Å². The number of rotatable bonds is 6. The van der Waals surface area contributed by atoms with Gasteiger partial charge < -0.3 is 5.32 Å². The minimum absolute atomic E-state index is 0.00594. The van der Waals surface area contributed by atoms with Crippen molar-refractivity contribution in [2.75, 3.05) is 0 Å². The fraction of sp³-hybridized carbons (Fsp3) is 0.304. The molecule has 0 bridgehead atoms. The van der Waals surface area contributed by atoms with Gasteiger partial charge in [-0.15, -0.1) is 0 Å². The summed E-state index contributed by atoms with van der Waals surface area (Å²) < 4.78 is 1.91. The maximum atomic E-state index is 12.2. The number of amides is 1. The minimum atomic E-state index is -0.00594. The number of carbonyl (C=O) groups excluding carboxylic acids is 1. The average molecular weight is 361 g/mol. The molecule has 140 valence electrons. The molecule has 0 radical (unpaired) electrons. The second-order valence-electron chi connectivity index (χ2n) is 8.07. The molecular weight excluding hydrogens is 334 g/mol. The highest BCUT2D eigenvalue weighted by atomic mass is 16.1. The average Bonchev–Trinajstić information content (AvgIpc) is 3.13. The SMILES string of the molecule is CC(C)(C)CC(=O)NCc1ccccc1-c1ccc(Cn2cccn2)cc1. The van der Waals surface area contributed by atoms with Gasteiger partial charge in [-0.25, -0.2) is 0 Å². The van der Waals surface area contributed by atoms with Crippen molar-refractivity contribution >= 4 is 5.91 Å². The van der Waals surface area contributed by atoms with Gasteiger partial charge in [0, 0.05) is 25.4 Å². The van der Waals surface area contributed by atoms with Gasteiger partial charge in [0.25, 0.3) is 0 Å². The largest absolute Gasteiger partial charge is 0.352 e. The summed E-state index contributed by atoms with van der Waals surface area (Å²) in [5.41, 5.74) is 4.63. The van der Waals surface area contributed by atoms with E-state index in [-0.39, 0.29) is 11.3 Å². The van der Waals surface area contributed by atoms with Gasteiger partial charge in [0.2, 0.25) is 5.91 Å². The monoisotopic (exact) mass is 361 g/mol.